The Morgan fingerprint density at radius 2 is 1.68 bits per heavy atom. The fourth-order valence-corrected chi connectivity index (χ4v) is 3.89. The standard InChI is InChI=1S/C29H34N6O2/c1-20-10-9-11-21(2)27(20)33-29(30-14-15-35(3)4)34-28-23-16-25(36-5)26(17-24(23)31-19-32-28)37-18-22-12-7-6-8-13-22/h6-13,16-17,19H,14-15,18H2,1-5H3,(H2,30,31,32,33,34). The topological polar surface area (TPSA) is 83.9 Å². The molecule has 4 rings (SSSR count). The molecule has 37 heavy (non-hydrogen) atoms. The van der Waals surface area contributed by atoms with Gasteiger partial charge in [-0.3, -0.25) is 4.99 Å². The van der Waals surface area contributed by atoms with Gasteiger partial charge in [0, 0.05) is 23.7 Å². The van der Waals surface area contributed by atoms with E-state index in [9.17, 15) is 0 Å². The fraction of sp³-hybridized carbons (Fsp3) is 0.276. The van der Waals surface area contributed by atoms with Crippen molar-refractivity contribution >= 4 is 28.4 Å². The fourth-order valence-electron chi connectivity index (χ4n) is 3.89. The molecule has 1 heterocycles. The van der Waals surface area contributed by atoms with Crippen molar-refractivity contribution in [3.05, 3.63) is 83.7 Å². The maximum absolute atomic E-state index is 6.08. The summed E-state index contributed by atoms with van der Waals surface area (Å²) in [5.74, 6) is 2.47. The monoisotopic (exact) mass is 498 g/mol. The zero-order chi connectivity index (χ0) is 26.2. The Labute approximate surface area is 218 Å². The first-order chi connectivity index (χ1) is 17.9. The quantitative estimate of drug-likeness (QED) is 0.240. The minimum absolute atomic E-state index is 0.432. The number of aliphatic imine (C=N–C) groups is 1. The number of rotatable bonds is 9. The molecule has 8 heteroatoms. The first kappa shape index (κ1) is 25.9. The Morgan fingerprint density at radius 1 is 0.919 bits per heavy atom. The molecule has 0 aliphatic rings. The Bertz CT molecular complexity index is 1350. The van der Waals surface area contributed by atoms with Gasteiger partial charge >= 0.3 is 0 Å². The van der Waals surface area contributed by atoms with Crippen LogP contribution in [0.4, 0.5) is 11.5 Å². The number of hydrogen-bond acceptors (Lipinski definition) is 6. The number of methoxy groups -OCH3 is 1. The highest BCUT2D eigenvalue weighted by Crippen LogP contribution is 2.34. The Hall–Kier alpha value is -4.17. The number of aromatic nitrogens is 2. The third kappa shape index (κ3) is 6.74. The molecule has 0 saturated carbocycles. The van der Waals surface area contributed by atoms with Crippen LogP contribution in [0.1, 0.15) is 16.7 Å². The average molecular weight is 499 g/mol. The first-order valence-electron chi connectivity index (χ1n) is 12.2. The molecule has 1 aromatic heterocycles. The summed E-state index contributed by atoms with van der Waals surface area (Å²) in [7, 11) is 5.69. The number of nitrogens with one attached hydrogen (secondary N) is 2. The largest absolute Gasteiger partial charge is 0.493 e. The molecule has 8 nitrogen and oxygen atoms in total. The molecule has 192 valence electrons. The van der Waals surface area contributed by atoms with Gasteiger partial charge in [-0.15, -0.1) is 0 Å². The van der Waals surface area contributed by atoms with Crippen molar-refractivity contribution in [3.8, 4) is 11.5 Å². The second-order valence-corrected chi connectivity index (χ2v) is 9.07. The molecule has 0 saturated heterocycles. The van der Waals surface area contributed by atoms with E-state index in [2.05, 4.69) is 51.5 Å². The highest BCUT2D eigenvalue weighted by molar-refractivity contribution is 6.08. The lowest BCUT2D eigenvalue weighted by Gasteiger charge is -2.18. The number of guanidine groups is 1. The highest BCUT2D eigenvalue weighted by Gasteiger charge is 2.14. The van der Waals surface area contributed by atoms with Gasteiger partial charge in [-0.2, -0.15) is 0 Å². The molecule has 3 aromatic carbocycles. The molecule has 0 radical (unpaired) electrons. The van der Waals surface area contributed by atoms with Crippen molar-refractivity contribution in [1.29, 1.82) is 0 Å². The lowest BCUT2D eigenvalue weighted by atomic mass is 10.1. The van der Waals surface area contributed by atoms with Gasteiger partial charge in [0.15, 0.2) is 11.5 Å². The van der Waals surface area contributed by atoms with Crippen LogP contribution in [-0.4, -0.2) is 55.1 Å². The summed E-state index contributed by atoms with van der Waals surface area (Å²) >= 11 is 0. The number of fused-ring (bicyclic) bond motifs is 1. The Balaban J connectivity index is 1.64. The highest BCUT2D eigenvalue weighted by atomic mass is 16.5. The van der Waals surface area contributed by atoms with Crippen molar-refractivity contribution < 1.29 is 9.47 Å². The maximum Gasteiger partial charge on any atom is 0.201 e. The second kappa shape index (κ2) is 12.2. The summed E-state index contributed by atoms with van der Waals surface area (Å²) in [5.41, 5.74) is 5.10. The van der Waals surface area contributed by atoms with Crippen molar-refractivity contribution in [2.24, 2.45) is 4.99 Å². The van der Waals surface area contributed by atoms with Crippen molar-refractivity contribution in [3.63, 3.8) is 0 Å². The predicted octanol–water partition coefficient (Wildman–Crippen LogP) is 5.28. The van der Waals surface area contributed by atoms with Gasteiger partial charge in [-0.1, -0.05) is 48.5 Å². The molecular formula is C29H34N6O2. The van der Waals surface area contributed by atoms with E-state index in [-0.39, 0.29) is 0 Å². The van der Waals surface area contributed by atoms with Crippen molar-refractivity contribution in [1.82, 2.24) is 14.9 Å². The van der Waals surface area contributed by atoms with Crippen LogP contribution in [0, 0.1) is 13.8 Å². The first-order valence-corrected chi connectivity index (χ1v) is 12.2. The van der Waals surface area contributed by atoms with Gasteiger partial charge < -0.3 is 25.0 Å². The van der Waals surface area contributed by atoms with E-state index >= 15 is 0 Å². The molecule has 0 aliphatic heterocycles. The smallest absolute Gasteiger partial charge is 0.201 e. The molecule has 0 atom stereocenters. The summed E-state index contributed by atoms with van der Waals surface area (Å²) in [5, 5.41) is 7.69. The summed E-state index contributed by atoms with van der Waals surface area (Å²) in [4.78, 5) is 15.9. The van der Waals surface area contributed by atoms with Crippen LogP contribution < -0.4 is 20.1 Å². The van der Waals surface area contributed by atoms with E-state index in [4.69, 9.17) is 14.5 Å². The molecule has 4 aromatic rings. The number of anilines is 2. The molecule has 2 N–H and O–H groups in total. The van der Waals surface area contributed by atoms with E-state index in [1.165, 1.54) is 6.33 Å². The predicted molar refractivity (Wildman–Crippen MR) is 151 cm³/mol. The Morgan fingerprint density at radius 3 is 2.38 bits per heavy atom. The van der Waals surface area contributed by atoms with Crippen LogP contribution in [0.3, 0.4) is 0 Å². The van der Waals surface area contributed by atoms with Crippen LogP contribution in [0.2, 0.25) is 0 Å². The molecule has 0 spiro atoms. The lowest BCUT2D eigenvalue weighted by molar-refractivity contribution is 0.285. The van der Waals surface area contributed by atoms with E-state index in [0.717, 1.165) is 39.8 Å². The molecular weight excluding hydrogens is 464 g/mol. The molecule has 0 unspecified atom stereocenters. The number of aryl methyl sites for hydroxylation is 2. The molecule has 0 aliphatic carbocycles. The van der Waals surface area contributed by atoms with Crippen LogP contribution >= 0.6 is 0 Å². The molecule has 0 bridgehead atoms. The summed E-state index contributed by atoms with van der Waals surface area (Å²) in [6.07, 6.45) is 1.54. The minimum atomic E-state index is 0.432. The van der Waals surface area contributed by atoms with Crippen LogP contribution in [0.5, 0.6) is 11.5 Å². The lowest BCUT2D eigenvalue weighted by Crippen LogP contribution is -2.26. The van der Waals surface area contributed by atoms with E-state index in [1.807, 2.05) is 62.6 Å². The van der Waals surface area contributed by atoms with Crippen LogP contribution in [0.25, 0.3) is 10.9 Å². The Kier molecular flexibility index (Phi) is 8.53. The molecule has 0 amide bonds. The summed E-state index contributed by atoms with van der Waals surface area (Å²) in [6.45, 7) is 6.03. The zero-order valence-corrected chi connectivity index (χ0v) is 22.1. The minimum Gasteiger partial charge on any atom is -0.493 e. The summed E-state index contributed by atoms with van der Waals surface area (Å²) < 4.78 is 11.7. The van der Waals surface area contributed by atoms with Crippen LogP contribution in [0.15, 0.2) is 72.0 Å². The third-order valence-electron chi connectivity index (χ3n) is 5.94. The summed E-state index contributed by atoms with van der Waals surface area (Å²) in [6, 6.07) is 20.0. The van der Waals surface area contributed by atoms with E-state index in [0.29, 0.717) is 36.4 Å². The van der Waals surface area contributed by atoms with Gasteiger partial charge in [0.1, 0.15) is 18.8 Å². The van der Waals surface area contributed by atoms with Gasteiger partial charge in [0.2, 0.25) is 5.96 Å². The van der Waals surface area contributed by atoms with Crippen LogP contribution in [-0.2, 0) is 6.61 Å². The second-order valence-electron chi connectivity index (χ2n) is 9.07. The normalized spacial score (nSPS) is 11.6. The molecule has 0 fully saturated rings. The zero-order valence-electron chi connectivity index (χ0n) is 22.1. The van der Waals surface area contributed by atoms with E-state index < -0.39 is 0 Å². The van der Waals surface area contributed by atoms with Crippen molar-refractivity contribution in [2.45, 2.75) is 20.5 Å². The van der Waals surface area contributed by atoms with Gasteiger partial charge in [-0.25, -0.2) is 9.97 Å². The maximum atomic E-state index is 6.08. The number of hydrogen-bond donors (Lipinski definition) is 2. The van der Waals surface area contributed by atoms with E-state index in [1.54, 1.807) is 7.11 Å². The number of benzene rings is 3. The SMILES string of the molecule is COc1cc2c(NC(=NCCN(C)C)Nc3c(C)cccc3C)ncnc2cc1OCc1ccccc1. The van der Waals surface area contributed by atoms with Gasteiger partial charge in [0.25, 0.3) is 0 Å². The van der Waals surface area contributed by atoms with Crippen molar-refractivity contribution in [2.75, 3.05) is 44.9 Å². The van der Waals surface area contributed by atoms with Gasteiger partial charge in [-0.05, 0) is 50.7 Å². The number of para-hydroxylation sites is 1. The van der Waals surface area contributed by atoms with Gasteiger partial charge in [0.05, 0.1) is 19.2 Å². The number of nitrogens with zero attached hydrogens (tertiary/aromatic N) is 4. The number of ether oxygens (including phenoxy) is 2. The average Bonchev–Trinajstić information content (AvgIpc) is 2.89. The number of likely N-dealkylation sites (N-methyl/N-ethyl adjacent to an activating group) is 1. The third-order valence-corrected chi connectivity index (χ3v) is 5.94.